The summed E-state index contributed by atoms with van der Waals surface area (Å²) in [4.78, 5) is 10.7. The first-order valence-corrected chi connectivity index (χ1v) is 13.6. The van der Waals surface area contributed by atoms with E-state index in [9.17, 15) is 31.5 Å². The van der Waals surface area contributed by atoms with Crippen LogP contribution in [0.25, 0.3) is 0 Å². The summed E-state index contributed by atoms with van der Waals surface area (Å²) in [7, 11) is -11.3. The number of nitro benzene ring substituents is 1. The summed E-state index contributed by atoms with van der Waals surface area (Å²) in [6, 6.07) is 11.9. The summed E-state index contributed by atoms with van der Waals surface area (Å²) >= 11 is 0. The van der Waals surface area contributed by atoms with E-state index in [1.54, 1.807) is 30.3 Å². The van der Waals surface area contributed by atoms with Gasteiger partial charge in [-0.3, -0.25) is 14.7 Å². The molecule has 0 aromatic heterocycles. The summed E-state index contributed by atoms with van der Waals surface area (Å²) < 4.78 is 66.2. The van der Waals surface area contributed by atoms with Crippen molar-refractivity contribution in [2.24, 2.45) is 0 Å². The van der Waals surface area contributed by atoms with Crippen LogP contribution in [0.1, 0.15) is 23.7 Å². The molecule has 13 heteroatoms. The van der Waals surface area contributed by atoms with Crippen LogP contribution in [0.15, 0.2) is 48.5 Å². The van der Waals surface area contributed by atoms with Crippen molar-refractivity contribution in [2.45, 2.75) is 19.2 Å². The maximum Gasteiger partial charge on any atom is 0.273 e. The van der Waals surface area contributed by atoms with Gasteiger partial charge in [-0.15, -0.1) is 0 Å². The summed E-state index contributed by atoms with van der Waals surface area (Å²) in [5.41, 5.74) is -1.04. The monoisotopic (exact) mass is 476 g/mol. The van der Waals surface area contributed by atoms with E-state index in [0.29, 0.717) is 12.5 Å². The van der Waals surface area contributed by atoms with Crippen LogP contribution in [0.2, 0.25) is 0 Å². The Bertz CT molecular complexity index is 1140. The van der Waals surface area contributed by atoms with E-state index in [-0.39, 0.29) is 21.6 Å². The Kier molecular flexibility index (Phi) is 7.40. The van der Waals surface area contributed by atoms with E-state index in [4.69, 9.17) is 4.52 Å². The zero-order chi connectivity index (χ0) is 22.7. The zero-order valence-electron chi connectivity index (χ0n) is 16.4. The predicted molar refractivity (Wildman–Crippen MR) is 114 cm³/mol. The number of hydrogen-bond acceptors (Lipinski definition) is 8. The predicted octanol–water partition coefficient (Wildman–Crippen LogP) is 3.07. The first-order valence-electron chi connectivity index (χ1n) is 8.51. The van der Waals surface area contributed by atoms with E-state index in [2.05, 4.69) is 0 Å². The average molecular weight is 476 g/mol. The SMILES string of the molecule is CC(c1cc(N(S(C)(=O)=O)S(C)(=O)=O)ccc1[N+](=O)[O-])[PH](=O)OCc1ccccc1. The van der Waals surface area contributed by atoms with Gasteiger partial charge in [0, 0.05) is 11.6 Å². The molecule has 0 radical (unpaired) electrons. The Morgan fingerprint density at radius 1 is 1.07 bits per heavy atom. The topological polar surface area (TPSA) is 141 Å². The second-order valence-corrected chi connectivity index (χ2v) is 12.2. The third kappa shape index (κ3) is 5.88. The lowest BCUT2D eigenvalue weighted by atomic mass is 10.1. The molecular formula is C17H21N2O8PS2. The minimum absolute atomic E-state index is 0.0231. The summed E-state index contributed by atoms with van der Waals surface area (Å²) in [5.74, 6) is 0. The molecule has 0 amide bonds. The van der Waals surface area contributed by atoms with E-state index in [0.717, 1.165) is 23.8 Å². The van der Waals surface area contributed by atoms with Crippen LogP contribution in [-0.2, 0) is 35.7 Å². The maximum absolute atomic E-state index is 12.7. The molecule has 0 saturated carbocycles. The van der Waals surface area contributed by atoms with Gasteiger partial charge in [0.25, 0.3) is 5.69 Å². The Hall–Kier alpha value is -2.27. The molecule has 30 heavy (non-hydrogen) atoms. The fourth-order valence-corrected chi connectivity index (χ4v) is 6.78. The molecule has 0 fully saturated rings. The highest BCUT2D eigenvalue weighted by Crippen LogP contribution is 2.46. The molecule has 0 N–H and O–H groups in total. The van der Waals surface area contributed by atoms with Crippen molar-refractivity contribution in [3.8, 4) is 0 Å². The lowest BCUT2D eigenvalue weighted by Gasteiger charge is -2.21. The van der Waals surface area contributed by atoms with Crippen molar-refractivity contribution in [1.29, 1.82) is 0 Å². The van der Waals surface area contributed by atoms with Crippen LogP contribution in [0.4, 0.5) is 11.4 Å². The number of benzene rings is 2. The zero-order valence-corrected chi connectivity index (χ0v) is 19.0. The number of sulfonamides is 2. The third-order valence-electron chi connectivity index (χ3n) is 4.07. The van der Waals surface area contributed by atoms with Crippen molar-refractivity contribution in [1.82, 2.24) is 0 Å². The molecule has 2 aromatic carbocycles. The smallest absolute Gasteiger partial charge is 0.273 e. The van der Waals surface area contributed by atoms with Crippen LogP contribution < -0.4 is 3.71 Å². The molecular weight excluding hydrogens is 455 g/mol. The summed E-state index contributed by atoms with van der Waals surface area (Å²) in [5, 5.41) is 11.4. The van der Waals surface area contributed by atoms with Gasteiger partial charge in [0.1, 0.15) is 0 Å². The molecule has 10 nitrogen and oxygen atoms in total. The first kappa shape index (κ1) is 24.0. The van der Waals surface area contributed by atoms with Gasteiger partial charge in [-0.2, -0.15) is 3.71 Å². The number of rotatable bonds is 9. The molecule has 0 bridgehead atoms. The first-order chi connectivity index (χ1) is 13.8. The van der Waals surface area contributed by atoms with Crippen LogP contribution in [-0.4, -0.2) is 34.3 Å². The number of nitro groups is 1. The normalized spacial score (nSPS) is 14.1. The fraction of sp³-hybridized carbons (Fsp3) is 0.294. The van der Waals surface area contributed by atoms with Crippen molar-refractivity contribution >= 4 is 39.4 Å². The lowest BCUT2D eigenvalue weighted by molar-refractivity contribution is -0.385. The van der Waals surface area contributed by atoms with Gasteiger partial charge in [0.2, 0.25) is 20.0 Å². The highest BCUT2D eigenvalue weighted by Gasteiger charge is 2.31. The van der Waals surface area contributed by atoms with Crippen LogP contribution >= 0.6 is 8.03 Å². The standard InChI is InChI=1S/C17H21N2O8PS2/c1-13(28(22)27-12-14-7-5-4-6-8-14)16-11-15(9-10-17(16)18(20)21)19(29(2,23)24)30(3,25)26/h4-11,13,28H,12H2,1-3H3. The number of hydrogen-bond donors (Lipinski definition) is 0. The molecule has 164 valence electrons. The van der Waals surface area contributed by atoms with Crippen LogP contribution in [0.3, 0.4) is 0 Å². The Morgan fingerprint density at radius 3 is 2.13 bits per heavy atom. The van der Waals surface area contributed by atoms with Gasteiger partial charge >= 0.3 is 0 Å². The van der Waals surface area contributed by atoms with Gasteiger partial charge in [-0.1, -0.05) is 30.3 Å². The third-order valence-corrected chi connectivity index (χ3v) is 8.76. The Balaban J connectivity index is 2.45. The summed E-state index contributed by atoms with van der Waals surface area (Å²) in [6.45, 7) is 1.46. The Morgan fingerprint density at radius 2 is 1.63 bits per heavy atom. The van der Waals surface area contributed by atoms with Gasteiger partial charge in [0.05, 0.1) is 35.4 Å². The molecule has 2 atom stereocenters. The van der Waals surface area contributed by atoms with Crippen LogP contribution in [0, 0.1) is 10.1 Å². The van der Waals surface area contributed by atoms with Crippen molar-refractivity contribution in [3.05, 3.63) is 69.8 Å². The summed E-state index contributed by atoms with van der Waals surface area (Å²) in [6.07, 6.45) is 1.40. The molecule has 0 spiro atoms. The van der Waals surface area contributed by atoms with Crippen LogP contribution in [0.5, 0.6) is 0 Å². The van der Waals surface area contributed by atoms with Crippen molar-refractivity contribution in [2.75, 3.05) is 16.2 Å². The van der Waals surface area contributed by atoms with Gasteiger partial charge < -0.3 is 4.52 Å². The number of anilines is 1. The molecule has 2 aromatic rings. The van der Waals surface area contributed by atoms with Gasteiger partial charge in [0.15, 0.2) is 8.03 Å². The molecule has 0 saturated heterocycles. The highest BCUT2D eigenvalue weighted by atomic mass is 32.3. The molecule has 0 heterocycles. The minimum atomic E-state index is -4.24. The highest BCUT2D eigenvalue weighted by molar-refractivity contribution is 8.09. The molecule has 0 aliphatic carbocycles. The second-order valence-electron chi connectivity index (χ2n) is 6.54. The van der Waals surface area contributed by atoms with Crippen molar-refractivity contribution < 1.29 is 30.8 Å². The lowest BCUT2D eigenvalue weighted by Crippen LogP contribution is -2.35. The minimum Gasteiger partial charge on any atom is -0.325 e. The quantitative estimate of drug-likeness (QED) is 0.305. The van der Waals surface area contributed by atoms with Crippen molar-refractivity contribution in [3.63, 3.8) is 0 Å². The van der Waals surface area contributed by atoms with Gasteiger partial charge in [-0.25, -0.2) is 16.8 Å². The molecule has 0 aliphatic rings. The Labute approximate surface area is 175 Å². The van der Waals surface area contributed by atoms with E-state index < -0.39 is 44.3 Å². The van der Waals surface area contributed by atoms with E-state index in [1.807, 2.05) is 0 Å². The molecule has 2 rings (SSSR count). The van der Waals surface area contributed by atoms with Gasteiger partial charge in [-0.05, 0) is 24.6 Å². The van der Waals surface area contributed by atoms with E-state index >= 15 is 0 Å². The fourth-order valence-electron chi connectivity index (χ4n) is 2.78. The maximum atomic E-state index is 12.7. The largest absolute Gasteiger partial charge is 0.325 e. The molecule has 2 unspecified atom stereocenters. The molecule has 0 aliphatic heterocycles. The number of nitrogens with zero attached hydrogens (tertiary/aromatic N) is 2. The average Bonchev–Trinajstić information content (AvgIpc) is 2.63. The van der Waals surface area contributed by atoms with E-state index in [1.165, 1.54) is 6.92 Å². The second kappa shape index (κ2) is 9.25.